The normalized spacial score (nSPS) is 16.0. The molecule has 0 spiro atoms. The molecule has 0 saturated carbocycles. The summed E-state index contributed by atoms with van der Waals surface area (Å²) in [6, 6.07) is 9.58. The minimum atomic E-state index is -0.601. The standard InChI is InChI=1S/C22H21IN4O3/c1-22(2,3)30-21(28)27-17-8-7-15(10-16(17)20(23)26-27)29-18-6-4-5-14-9-13(11-24)12-25-19(14)18/h7-10,12,18H,4-6H2,1-3H3. The molecule has 0 saturated heterocycles. The third-order valence-corrected chi connectivity index (χ3v) is 5.60. The fraction of sp³-hybridized carbons (Fsp3) is 0.364. The minimum Gasteiger partial charge on any atom is -0.484 e. The van der Waals surface area contributed by atoms with Gasteiger partial charge < -0.3 is 9.47 Å². The van der Waals surface area contributed by atoms with Crippen LogP contribution in [0.15, 0.2) is 30.5 Å². The molecular formula is C22H21IN4O3. The van der Waals surface area contributed by atoms with Crippen molar-refractivity contribution >= 4 is 39.6 Å². The molecule has 1 aliphatic rings. The molecule has 3 aromatic rings. The first-order valence-electron chi connectivity index (χ1n) is 9.72. The van der Waals surface area contributed by atoms with E-state index in [1.165, 1.54) is 4.68 Å². The van der Waals surface area contributed by atoms with Crippen molar-refractivity contribution in [2.24, 2.45) is 0 Å². The number of hydrogen-bond donors (Lipinski definition) is 0. The second-order valence-corrected chi connectivity index (χ2v) is 9.26. The molecule has 7 nitrogen and oxygen atoms in total. The number of fused-ring (bicyclic) bond motifs is 2. The maximum absolute atomic E-state index is 12.5. The van der Waals surface area contributed by atoms with Crippen LogP contribution in [0.25, 0.3) is 10.9 Å². The zero-order chi connectivity index (χ0) is 21.5. The van der Waals surface area contributed by atoms with Crippen molar-refractivity contribution in [1.29, 1.82) is 5.26 Å². The molecule has 1 atom stereocenters. The Bertz CT molecular complexity index is 1170. The molecule has 4 rings (SSSR count). The van der Waals surface area contributed by atoms with Crippen molar-refractivity contribution in [3.8, 4) is 11.8 Å². The van der Waals surface area contributed by atoms with Crippen molar-refractivity contribution in [2.75, 3.05) is 0 Å². The van der Waals surface area contributed by atoms with Crippen molar-refractivity contribution < 1.29 is 14.3 Å². The van der Waals surface area contributed by atoms with E-state index in [4.69, 9.17) is 14.7 Å². The quantitative estimate of drug-likeness (QED) is 0.438. The van der Waals surface area contributed by atoms with Gasteiger partial charge in [0.2, 0.25) is 0 Å². The Morgan fingerprint density at radius 1 is 1.33 bits per heavy atom. The van der Waals surface area contributed by atoms with Crippen LogP contribution in [0.3, 0.4) is 0 Å². The molecule has 0 N–H and O–H groups in total. The Labute approximate surface area is 188 Å². The third-order valence-electron chi connectivity index (χ3n) is 4.80. The summed E-state index contributed by atoms with van der Waals surface area (Å²) in [6.45, 7) is 5.47. The number of rotatable bonds is 2. The molecular weight excluding hydrogens is 495 g/mol. The van der Waals surface area contributed by atoms with Gasteiger partial charge in [-0.1, -0.05) is 0 Å². The Balaban J connectivity index is 1.62. The number of aryl methyl sites for hydroxylation is 1. The van der Waals surface area contributed by atoms with Crippen molar-refractivity contribution in [2.45, 2.75) is 51.7 Å². The van der Waals surface area contributed by atoms with E-state index in [1.54, 1.807) is 6.20 Å². The summed E-state index contributed by atoms with van der Waals surface area (Å²) in [6.07, 6.45) is 3.65. The van der Waals surface area contributed by atoms with Crippen LogP contribution in [0.1, 0.15) is 56.5 Å². The van der Waals surface area contributed by atoms with Crippen LogP contribution >= 0.6 is 22.6 Å². The summed E-state index contributed by atoms with van der Waals surface area (Å²) < 4.78 is 13.7. The lowest BCUT2D eigenvalue weighted by atomic mass is 9.93. The molecule has 0 radical (unpaired) electrons. The van der Waals surface area contributed by atoms with Gasteiger partial charge in [-0.25, -0.2) is 4.79 Å². The second kappa shape index (κ2) is 7.87. The first-order valence-corrected chi connectivity index (χ1v) is 10.8. The summed E-state index contributed by atoms with van der Waals surface area (Å²) in [5.41, 5.74) is 2.59. The highest BCUT2D eigenvalue weighted by molar-refractivity contribution is 14.1. The molecule has 2 heterocycles. The largest absolute Gasteiger partial charge is 0.484 e. The van der Waals surface area contributed by atoms with Gasteiger partial charge in [-0.2, -0.15) is 15.0 Å². The topological polar surface area (TPSA) is 90.0 Å². The fourth-order valence-corrected chi connectivity index (χ4v) is 4.19. The molecule has 0 aliphatic heterocycles. The van der Waals surface area contributed by atoms with E-state index in [2.05, 4.69) is 38.7 Å². The van der Waals surface area contributed by atoms with Gasteiger partial charge in [0.15, 0.2) is 0 Å². The number of pyridine rings is 1. The SMILES string of the molecule is CC(C)(C)OC(=O)n1nc(I)c2cc(OC3CCCc4cc(C#N)cnc43)ccc21. The summed E-state index contributed by atoms with van der Waals surface area (Å²) >= 11 is 2.11. The van der Waals surface area contributed by atoms with E-state index in [-0.39, 0.29) is 6.10 Å². The van der Waals surface area contributed by atoms with Gasteiger partial charge >= 0.3 is 6.09 Å². The van der Waals surface area contributed by atoms with Gasteiger partial charge in [0.1, 0.15) is 27.2 Å². The molecule has 1 unspecified atom stereocenters. The van der Waals surface area contributed by atoms with E-state index in [9.17, 15) is 4.79 Å². The van der Waals surface area contributed by atoms with E-state index in [0.29, 0.717) is 20.5 Å². The Morgan fingerprint density at radius 2 is 2.13 bits per heavy atom. The van der Waals surface area contributed by atoms with E-state index >= 15 is 0 Å². The number of aromatic nitrogens is 3. The molecule has 1 aliphatic carbocycles. The van der Waals surface area contributed by atoms with Crippen LogP contribution in [0.5, 0.6) is 5.75 Å². The number of nitriles is 1. The fourth-order valence-electron chi connectivity index (χ4n) is 3.54. The average molecular weight is 516 g/mol. The molecule has 0 fully saturated rings. The summed E-state index contributed by atoms with van der Waals surface area (Å²) in [4.78, 5) is 17.0. The van der Waals surface area contributed by atoms with Crippen LogP contribution in [-0.2, 0) is 11.2 Å². The van der Waals surface area contributed by atoms with Gasteiger partial charge in [-0.3, -0.25) is 4.98 Å². The maximum atomic E-state index is 12.5. The molecule has 0 bridgehead atoms. The van der Waals surface area contributed by atoms with E-state index < -0.39 is 11.7 Å². The summed E-state index contributed by atoms with van der Waals surface area (Å²) in [5.74, 6) is 0.688. The zero-order valence-corrected chi connectivity index (χ0v) is 19.1. The van der Waals surface area contributed by atoms with Gasteiger partial charge in [-0.15, -0.1) is 0 Å². The van der Waals surface area contributed by atoms with Crippen molar-refractivity contribution in [1.82, 2.24) is 14.8 Å². The van der Waals surface area contributed by atoms with Gasteiger partial charge in [-0.05, 0) is 92.5 Å². The monoisotopic (exact) mass is 516 g/mol. The van der Waals surface area contributed by atoms with Crippen LogP contribution in [0.2, 0.25) is 0 Å². The number of carbonyl (C=O) groups excluding carboxylic acids is 1. The minimum absolute atomic E-state index is 0.169. The highest BCUT2D eigenvalue weighted by Gasteiger charge is 2.25. The van der Waals surface area contributed by atoms with Gasteiger partial charge in [0.05, 0.1) is 16.8 Å². The Hall–Kier alpha value is -2.67. The molecule has 154 valence electrons. The summed E-state index contributed by atoms with van der Waals surface area (Å²) in [5, 5.41) is 14.3. The second-order valence-electron chi connectivity index (χ2n) is 8.24. The molecule has 1 aromatic carbocycles. The molecule has 0 amide bonds. The number of hydrogen-bond acceptors (Lipinski definition) is 6. The Kier molecular flexibility index (Phi) is 5.40. The number of ether oxygens (including phenoxy) is 2. The lowest BCUT2D eigenvalue weighted by Gasteiger charge is -2.25. The predicted octanol–water partition coefficient (Wildman–Crippen LogP) is 5.15. The van der Waals surface area contributed by atoms with Gasteiger partial charge in [0, 0.05) is 11.6 Å². The lowest BCUT2D eigenvalue weighted by Crippen LogP contribution is -2.27. The Morgan fingerprint density at radius 3 is 2.87 bits per heavy atom. The third kappa shape index (κ3) is 4.12. The lowest BCUT2D eigenvalue weighted by molar-refractivity contribution is 0.0522. The van der Waals surface area contributed by atoms with Crippen LogP contribution in [0.4, 0.5) is 4.79 Å². The zero-order valence-electron chi connectivity index (χ0n) is 17.0. The highest BCUT2D eigenvalue weighted by Crippen LogP contribution is 2.34. The first kappa shape index (κ1) is 20.6. The number of benzene rings is 1. The van der Waals surface area contributed by atoms with Crippen LogP contribution in [0, 0.1) is 15.0 Å². The smallest absolute Gasteiger partial charge is 0.435 e. The number of halogens is 1. The summed E-state index contributed by atoms with van der Waals surface area (Å²) in [7, 11) is 0. The van der Waals surface area contributed by atoms with Crippen molar-refractivity contribution in [3.63, 3.8) is 0 Å². The van der Waals surface area contributed by atoms with E-state index in [0.717, 1.165) is 35.9 Å². The van der Waals surface area contributed by atoms with E-state index in [1.807, 2.05) is 45.0 Å². The first-order chi connectivity index (χ1) is 14.2. The molecule has 2 aromatic heterocycles. The van der Waals surface area contributed by atoms with Crippen LogP contribution in [-0.4, -0.2) is 26.5 Å². The van der Waals surface area contributed by atoms with Gasteiger partial charge in [0.25, 0.3) is 0 Å². The van der Waals surface area contributed by atoms with Crippen molar-refractivity contribution in [3.05, 3.63) is 51.0 Å². The average Bonchev–Trinajstić information content (AvgIpc) is 3.03. The van der Waals surface area contributed by atoms with Crippen LogP contribution < -0.4 is 4.74 Å². The molecule has 30 heavy (non-hydrogen) atoms. The molecule has 8 heteroatoms. The predicted molar refractivity (Wildman–Crippen MR) is 119 cm³/mol. The maximum Gasteiger partial charge on any atom is 0.435 e. The number of carbonyl (C=O) groups is 1. The highest BCUT2D eigenvalue weighted by atomic mass is 127. The number of nitrogens with zero attached hydrogens (tertiary/aromatic N) is 4.